The first-order valence-corrected chi connectivity index (χ1v) is 10.6. The molecule has 0 saturated heterocycles. The zero-order chi connectivity index (χ0) is 19.3. The van der Waals surface area contributed by atoms with Gasteiger partial charge in [0.05, 0.1) is 5.75 Å². The molecule has 4 aromatic rings. The van der Waals surface area contributed by atoms with Crippen LogP contribution in [0.2, 0.25) is 0 Å². The second-order valence-corrected chi connectivity index (χ2v) is 8.32. The molecule has 0 aliphatic heterocycles. The van der Waals surface area contributed by atoms with E-state index in [4.69, 9.17) is 0 Å². The van der Waals surface area contributed by atoms with E-state index >= 15 is 0 Å². The van der Waals surface area contributed by atoms with Crippen LogP contribution in [0.4, 0.5) is 5.13 Å². The molecule has 0 unspecified atom stereocenters. The average Bonchev–Trinajstić information content (AvgIpc) is 3.13. The molecular formula is C21H18N4OS2. The summed E-state index contributed by atoms with van der Waals surface area (Å²) in [5, 5.41) is 6.56. The van der Waals surface area contributed by atoms with Gasteiger partial charge in [-0.25, -0.2) is 15.0 Å². The summed E-state index contributed by atoms with van der Waals surface area (Å²) in [5.74, 6) is 0.142. The van der Waals surface area contributed by atoms with Crippen LogP contribution in [-0.2, 0) is 11.2 Å². The molecule has 28 heavy (non-hydrogen) atoms. The Morgan fingerprint density at radius 3 is 2.86 bits per heavy atom. The van der Waals surface area contributed by atoms with E-state index in [0.29, 0.717) is 10.3 Å². The largest absolute Gasteiger partial charge is 0.301 e. The molecule has 0 saturated carbocycles. The standard InChI is InChI=1S/C21H18N4OS2/c1-14-9-10-22-20(24-14)27-13-19(26)25-21-23-12-17(28-21)11-16-7-4-6-15-5-2-3-8-18(15)16/h2-10,12H,11,13H2,1H3,(H,23,25,26). The van der Waals surface area contributed by atoms with E-state index in [2.05, 4.69) is 56.7 Å². The quantitative estimate of drug-likeness (QED) is 0.371. The molecule has 1 N–H and O–H groups in total. The Hall–Kier alpha value is -2.77. The number of aromatic nitrogens is 3. The number of hydrogen-bond donors (Lipinski definition) is 1. The molecule has 2 aromatic carbocycles. The zero-order valence-corrected chi connectivity index (χ0v) is 16.9. The van der Waals surface area contributed by atoms with Crippen molar-refractivity contribution in [1.82, 2.24) is 15.0 Å². The van der Waals surface area contributed by atoms with Gasteiger partial charge in [-0.1, -0.05) is 54.2 Å². The van der Waals surface area contributed by atoms with Gasteiger partial charge in [0.1, 0.15) is 0 Å². The van der Waals surface area contributed by atoms with Gasteiger partial charge in [-0.2, -0.15) is 0 Å². The van der Waals surface area contributed by atoms with Crippen molar-refractivity contribution in [2.75, 3.05) is 11.1 Å². The van der Waals surface area contributed by atoms with Crippen LogP contribution in [0.15, 0.2) is 66.1 Å². The van der Waals surface area contributed by atoms with Crippen molar-refractivity contribution in [3.8, 4) is 0 Å². The van der Waals surface area contributed by atoms with Crippen LogP contribution in [0.1, 0.15) is 16.1 Å². The number of fused-ring (bicyclic) bond motifs is 1. The number of hydrogen-bond acceptors (Lipinski definition) is 6. The summed E-state index contributed by atoms with van der Waals surface area (Å²) in [6, 6.07) is 16.5. The van der Waals surface area contributed by atoms with E-state index in [1.54, 1.807) is 6.20 Å². The zero-order valence-electron chi connectivity index (χ0n) is 15.3. The number of nitrogens with one attached hydrogen (secondary N) is 1. The van der Waals surface area contributed by atoms with E-state index in [9.17, 15) is 4.79 Å². The molecule has 2 heterocycles. The topological polar surface area (TPSA) is 67.8 Å². The highest BCUT2D eigenvalue weighted by Crippen LogP contribution is 2.26. The van der Waals surface area contributed by atoms with Gasteiger partial charge >= 0.3 is 0 Å². The maximum absolute atomic E-state index is 12.2. The Bertz CT molecular complexity index is 1120. The fourth-order valence-electron chi connectivity index (χ4n) is 2.86. The van der Waals surface area contributed by atoms with Crippen molar-refractivity contribution in [1.29, 1.82) is 0 Å². The molecule has 2 aromatic heterocycles. The second-order valence-electron chi connectivity index (χ2n) is 6.26. The number of benzene rings is 2. The van der Waals surface area contributed by atoms with Gasteiger partial charge in [-0.15, -0.1) is 11.3 Å². The van der Waals surface area contributed by atoms with Gasteiger partial charge < -0.3 is 5.32 Å². The van der Waals surface area contributed by atoms with Crippen LogP contribution in [0, 0.1) is 6.92 Å². The minimum Gasteiger partial charge on any atom is -0.301 e. The monoisotopic (exact) mass is 406 g/mol. The van der Waals surface area contributed by atoms with Crippen LogP contribution in [0.25, 0.3) is 10.8 Å². The summed E-state index contributed by atoms with van der Waals surface area (Å²) < 4.78 is 0. The summed E-state index contributed by atoms with van der Waals surface area (Å²) in [6.07, 6.45) is 4.32. The smallest absolute Gasteiger partial charge is 0.236 e. The first-order chi connectivity index (χ1) is 13.7. The minimum atomic E-state index is -0.110. The van der Waals surface area contributed by atoms with Crippen molar-refractivity contribution in [3.63, 3.8) is 0 Å². The maximum atomic E-state index is 12.2. The van der Waals surface area contributed by atoms with Gasteiger partial charge in [0.25, 0.3) is 0 Å². The van der Waals surface area contributed by atoms with Gasteiger partial charge in [0.15, 0.2) is 10.3 Å². The van der Waals surface area contributed by atoms with Gasteiger partial charge in [-0.05, 0) is 29.3 Å². The Kier molecular flexibility index (Phi) is 5.64. The fourth-order valence-corrected chi connectivity index (χ4v) is 4.39. The molecule has 0 aliphatic rings. The molecule has 5 nitrogen and oxygen atoms in total. The van der Waals surface area contributed by atoms with Crippen molar-refractivity contribution in [3.05, 3.63) is 77.1 Å². The third-order valence-corrected chi connectivity index (χ3v) is 5.92. The summed E-state index contributed by atoms with van der Waals surface area (Å²) in [5.41, 5.74) is 2.14. The molecular weight excluding hydrogens is 388 g/mol. The number of aryl methyl sites for hydroxylation is 1. The molecule has 0 aliphatic carbocycles. The maximum Gasteiger partial charge on any atom is 0.236 e. The fraction of sp³-hybridized carbons (Fsp3) is 0.143. The number of thiazole rings is 1. The summed E-state index contributed by atoms with van der Waals surface area (Å²) in [6.45, 7) is 1.90. The molecule has 0 spiro atoms. The van der Waals surface area contributed by atoms with Gasteiger partial charge in [-0.3, -0.25) is 4.79 Å². The Morgan fingerprint density at radius 1 is 1.11 bits per heavy atom. The average molecular weight is 407 g/mol. The van der Waals surface area contributed by atoms with E-state index in [-0.39, 0.29) is 11.7 Å². The highest BCUT2D eigenvalue weighted by atomic mass is 32.2. The third kappa shape index (κ3) is 4.55. The van der Waals surface area contributed by atoms with Crippen LogP contribution < -0.4 is 5.32 Å². The lowest BCUT2D eigenvalue weighted by atomic mass is 10.0. The summed E-state index contributed by atoms with van der Waals surface area (Å²) in [4.78, 5) is 26.1. The summed E-state index contributed by atoms with van der Waals surface area (Å²) in [7, 11) is 0. The number of thioether (sulfide) groups is 1. The first-order valence-electron chi connectivity index (χ1n) is 8.81. The molecule has 140 valence electrons. The predicted octanol–water partition coefficient (Wildman–Crippen LogP) is 4.72. The van der Waals surface area contributed by atoms with Gasteiger partial charge in [0.2, 0.25) is 5.91 Å². The van der Waals surface area contributed by atoms with E-state index in [1.807, 2.05) is 25.3 Å². The summed E-state index contributed by atoms with van der Waals surface area (Å²) >= 11 is 2.82. The number of carbonyl (C=O) groups is 1. The Labute approximate surface area is 171 Å². The lowest BCUT2D eigenvalue weighted by Gasteiger charge is -2.04. The number of rotatable bonds is 6. The highest BCUT2D eigenvalue weighted by molar-refractivity contribution is 7.99. The molecule has 0 atom stereocenters. The molecule has 0 bridgehead atoms. The van der Waals surface area contributed by atoms with Crippen molar-refractivity contribution in [2.24, 2.45) is 0 Å². The van der Waals surface area contributed by atoms with Crippen LogP contribution in [0.5, 0.6) is 0 Å². The SMILES string of the molecule is Cc1ccnc(SCC(=O)Nc2ncc(Cc3cccc4ccccc34)s2)n1. The molecule has 0 radical (unpaired) electrons. The van der Waals surface area contributed by atoms with Crippen molar-refractivity contribution < 1.29 is 4.79 Å². The highest BCUT2D eigenvalue weighted by Gasteiger charge is 2.10. The molecule has 7 heteroatoms. The normalized spacial score (nSPS) is 10.9. The number of carbonyl (C=O) groups excluding carboxylic acids is 1. The number of amides is 1. The van der Waals surface area contributed by atoms with Crippen LogP contribution >= 0.6 is 23.1 Å². The lowest BCUT2D eigenvalue weighted by molar-refractivity contribution is -0.113. The Balaban J connectivity index is 1.38. The predicted molar refractivity (Wildman–Crippen MR) is 115 cm³/mol. The second kappa shape index (κ2) is 8.50. The van der Waals surface area contributed by atoms with Crippen LogP contribution in [-0.4, -0.2) is 26.6 Å². The molecule has 0 fully saturated rings. The molecule has 4 rings (SSSR count). The van der Waals surface area contributed by atoms with E-state index in [0.717, 1.165) is 17.0 Å². The third-order valence-electron chi connectivity index (χ3n) is 4.15. The van der Waals surface area contributed by atoms with E-state index < -0.39 is 0 Å². The van der Waals surface area contributed by atoms with E-state index in [1.165, 1.54) is 39.4 Å². The minimum absolute atomic E-state index is 0.110. The first kappa shape index (κ1) is 18.6. The van der Waals surface area contributed by atoms with Crippen molar-refractivity contribution >= 4 is 44.9 Å². The van der Waals surface area contributed by atoms with Crippen molar-refractivity contribution in [2.45, 2.75) is 18.5 Å². The number of nitrogens with zero attached hydrogens (tertiary/aromatic N) is 3. The lowest BCUT2D eigenvalue weighted by Crippen LogP contribution is -2.14. The van der Waals surface area contributed by atoms with Gasteiger partial charge in [0, 0.05) is 29.4 Å². The molecule has 1 amide bonds. The number of anilines is 1. The Morgan fingerprint density at radius 2 is 1.96 bits per heavy atom. The van der Waals surface area contributed by atoms with Crippen LogP contribution in [0.3, 0.4) is 0 Å².